The predicted octanol–water partition coefficient (Wildman–Crippen LogP) is 0.693. The maximum Gasteiger partial charge on any atom is 0.417 e. The monoisotopic (exact) mass is 210 g/mol. The molecule has 0 heterocycles. The largest absolute Gasteiger partial charge is 0.490 e. The number of ether oxygens (including phenoxy) is 2. The van der Waals surface area contributed by atoms with Gasteiger partial charge in [-0.25, -0.2) is 9.59 Å². The Morgan fingerprint density at radius 1 is 1.13 bits per heavy atom. The van der Waals surface area contributed by atoms with E-state index in [1.165, 1.54) is 0 Å². The third-order valence-electron chi connectivity index (χ3n) is 1.50. The van der Waals surface area contributed by atoms with Crippen LogP contribution in [0.25, 0.3) is 0 Å². The van der Waals surface area contributed by atoms with Crippen molar-refractivity contribution in [3.8, 4) is 5.75 Å². The molecule has 15 heavy (non-hydrogen) atoms. The van der Waals surface area contributed by atoms with Crippen LogP contribution in [0.2, 0.25) is 0 Å². The number of benzene rings is 1. The van der Waals surface area contributed by atoms with Crippen molar-refractivity contribution in [3.63, 3.8) is 0 Å². The van der Waals surface area contributed by atoms with Gasteiger partial charge in [0.1, 0.15) is 19.0 Å². The number of esters is 1. The molecule has 0 saturated heterocycles. The molecule has 0 aliphatic heterocycles. The summed E-state index contributed by atoms with van der Waals surface area (Å²) in [6, 6.07) is 8.95. The summed E-state index contributed by atoms with van der Waals surface area (Å²) in [7, 11) is 0. The van der Waals surface area contributed by atoms with Crippen molar-refractivity contribution in [2.75, 3.05) is 13.2 Å². The van der Waals surface area contributed by atoms with E-state index in [1.54, 1.807) is 24.3 Å². The van der Waals surface area contributed by atoms with Gasteiger partial charge in [0.25, 0.3) is 0 Å². The second-order valence-corrected chi connectivity index (χ2v) is 2.60. The third kappa shape index (κ3) is 4.12. The maximum atomic E-state index is 10.5. The van der Waals surface area contributed by atoms with Crippen LogP contribution >= 0.6 is 0 Å². The molecule has 5 nitrogen and oxygen atoms in total. The first-order valence-corrected chi connectivity index (χ1v) is 4.28. The van der Waals surface area contributed by atoms with Crippen LogP contribution in [-0.4, -0.2) is 30.3 Å². The number of hydrogen-bond donors (Lipinski definition) is 1. The van der Waals surface area contributed by atoms with Crippen LogP contribution in [-0.2, 0) is 14.3 Å². The van der Waals surface area contributed by atoms with Crippen molar-refractivity contribution in [1.82, 2.24) is 0 Å². The zero-order chi connectivity index (χ0) is 11.1. The normalized spacial score (nSPS) is 9.33. The topological polar surface area (TPSA) is 72.8 Å². The van der Waals surface area contributed by atoms with Crippen LogP contribution in [0.4, 0.5) is 0 Å². The summed E-state index contributed by atoms with van der Waals surface area (Å²) in [5.41, 5.74) is 0. The Morgan fingerprint density at radius 3 is 2.40 bits per heavy atom. The molecule has 0 radical (unpaired) electrons. The van der Waals surface area contributed by atoms with Gasteiger partial charge in [-0.2, -0.15) is 0 Å². The van der Waals surface area contributed by atoms with E-state index < -0.39 is 11.9 Å². The van der Waals surface area contributed by atoms with E-state index in [4.69, 9.17) is 9.84 Å². The smallest absolute Gasteiger partial charge is 0.417 e. The van der Waals surface area contributed by atoms with Crippen molar-refractivity contribution in [2.24, 2.45) is 0 Å². The lowest BCUT2D eigenvalue weighted by atomic mass is 10.3. The molecule has 0 amide bonds. The average Bonchev–Trinajstić information content (AvgIpc) is 2.25. The summed E-state index contributed by atoms with van der Waals surface area (Å²) in [4.78, 5) is 20.5. The molecule has 0 saturated carbocycles. The van der Waals surface area contributed by atoms with E-state index in [0.29, 0.717) is 5.75 Å². The minimum absolute atomic E-state index is 0.0833. The molecule has 1 aromatic carbocycles. The molecule has 0 spiro atoms. The van der Waals surface area contributed by atoms with Crippen LogP contribution in [0.15, 0.2) is 30.3 Å². The van der Waals surface area contributed by atoms with Crippen LogP contribution in [0.3, 0.4) is 0 Å². The maximum absolute atomic E-state index is 10.5. The molecule has 1 rings (SSSR count). The molecule has 0 unspecified atom stereocenters. The average molecular weight is 210 g/mol. The third-order valence-corrected chi connectivity index (χ3v) is 1.50. The Hall–Kier alpha value is -2.04. The number of para-hydroxylation sites is 1. The summed E-state index contributed by atoms with van der Waals surface area (Å²) in [5.74, 6) is -2.23. The van der Waals surface area contributed by atoms with Crippen LogP contribution < -0.4 is 4.74 Å². The molecule has 0 aliphatic rings. The highest BCUT2D eigenvalue weighted by Crippen LogP contribution is 2.07. The predicted molar refractivity (Wildman–Crippen MR) is 50.5 cm³/mol. The van der Waals surface area contributed by atoms with E-state index in [2.05, 4.69) is 4.74 Å². The lowest BCUT2D eigenvalue weighted by molar-refractivity contribution is -0.164. The molecule has 0 bridgehead atoms. The Bertz CT molecular complexity index is 333. The Morgan fingerprint density at radius 2 is 1.80 bits per heavy atom. The SMILES string of the molecule is O=C(O)C(=O)OCCOc1ccccc1. The Kier molecular flexibility index (Phi) is 4.15. The summed E-state index contributed by atoms with van der Waals surface area (Å²) in [6.45, 7) is 0.0447. The van der Waals surface area contributed by atoms with E-state index in [-0.39, 0.29) is 13.2 Å². The second kappa shape index (κ2) is 5.64. The van der Waals surface area contributed by atoms with Gasteiger partial charge in [-0.1, -0.05) is 18.2 Å². The summed E-state index contributed by atoms with van der Waals surface area (Å²) < 4.78 is 9.53. The van der Waals surface area contributed by atoms with Gasteiger partial charge in [0.05, 0.1) is 0 Å². The first kappa shape index (κ1) is 11.0. The fourth-order valence-electron chi connectivity index (χ4n) is 0.872. The zero-order valence-corrected chi connectivity index (χ0v) is 7.88. The number of carbonyl (C=O) groups is 2. The molecular formula is C10H10O5. The fraction of sp³-hybridized carbons (Fsp3) is 0.200. The highest BCUT2D eigenvalue weighted by atomic mass is 16.6. The summed E-state index contributed by atoms with van der Waals surface area (Å²) in [6.07, 6.45) is 0. The van der Waals surface area contributed by atoms with Crippen molar-refractivity contribution < 1.29 is 24.2 Å². The van der Waals surface area contributed by atoms with Gasteiger partial charge >= 0.3 is 11.9 Å². The van der Waals surface area contributed by atoms with Crippen LogP contribution in [0.5, 0.6) is 5.75 Å². The first-order valence-electron chi connectivity index (χ1n) is 4.28. The number of rotatable bonds is 4. The molecule has 0 aliphatic carbocycles. The summed E-state index contributed by atoms with van der Waals surface area (Å²) in [5, 5.41) is 8.18. The quantitative estimate of drug-likeness (QED) is 0.449. The Labute approximate surface area is 86.2 Å². The lowest BCUT2D eigenvalue weighted by Gasteiger charge is -2.05. The van der Waals surface area contributed by atoms with Gasteiger partial charge in [-0.05, 0) is 12.1 Å². The minimum atomic E-state index is -1.60. The highest BCUT2D eigenvalue weighted by molar-refractivity contribution is 6.28. The van der Waals surface area contributed by atoms with E-state index in [1.807, 2.05) is 6.07 Å². The van der Waals surface area contributed by atoms with Gasteiger partial charge in [0, 0.05) is 0 Å². The van der Waals surface area contributed by atoms with Crippen molar-refractivity contribution in [3.05, 3.63) is 30.3 Å². The molecule has 0 atom stereocenters. The number of carboxylic acids is 1. The van der Waals surface area contributed by atoms with Crippen molar-refractivity contribution >= 4 is 11.9 Å². The Balaban J connectivity index is 2.18. The molecular weight excluding hydrogens is 200 g/mol. The molecule has 1 N–H and O–H groups in total. The van der Waals surface area contributed by atoms with E-state index >= 15 is 0 Å². The molecule has 5 heteroatoms. The number of hydrogen-bond acceptors (Lipinski definition) is 4. The second-order valence-electron chi connectivity index (χ2n) is 2.60. The van der Waals surface area contributed by atoms with E-state index in [0.717, 1.165) is 0 Å². The van der Waals surface area contributed by atoms with Crippen molar-refractivity contribution in [2.45, 2.75) is 0 Å². The zero-order valence-electron chi connectivity index (χ0n) is 7.88. The fourth-order valence-corrected chi connectivity index (χ4v) is 0.872. The number of carbonyl (C=O) groups excluding carboxylic acids is 1. The minimum Gasteiger partial charge on any atom is -0.490 e. The number of aliphatic carboxylic acids is 1. The summed E-state index contributed by atoms with van der Waals surface area (Å²) >= 11 is 0. The van der Waals surface area contributed by atoms with Gasteiger partial charge < -0.3 is 14.6 Å². The van der Waals surface area contributed by atoms with Crippen LogP contribution in [0, 0.1) is 0 Å². The molecule has 1 aromatic rings. The molecule has 0 aromatic heterocycles. The van der Waals surface area contributed by atoms with Gasteiger partial charge in [0.2, 0.25) is 0 Å². The molecule has 0 fully saturated rings. The van der Waals surface area contributed by atoms with Gasteiger partial charge in [0.15, 0.2) is 0 Å². The molecule has 80 valence electrons. The number of carboxylic acid groups (broad SMARTS) is 1. The standard InChI is InChI=1S/C10H10O5/c11-9(12)10(13)15-7-6-14-8-4-2-1-3-5-8/h1-5H,6-7H2,(H,11,12). The van der Waals surface area contributed by atoms with Crippen molar-refractivity contribution in [1.29, 1.82) is 0 Å². The van der Waals surface area contributed by atoms with Crippen LogP contribution in [0.1, 0.15) is 0 Å². The lowest BCUT2D eigenvalue weighted by Crippen LogP contribution is -2.19. The van der Waals surface area contributed by atoms with Gasteiger partial charge in [-0.3, -0.25) is 0 Å². The van der Waals surface area contributed by atoms with Gasteiger partial charge in [-0.15, -0.1) is 0 Å². The first-order chi connectivity index (χ1) is 7.20. The highest BCUT2D eigenvalue weighted by Gasteiger charge is 2.11. The van der Waals surface area contributed by atoms with E-state index in [9.17, 15) is 9.59 Å².